The maximum absolute atomic E-state index is 12.5. The summed E-state index contributed by atoms with van der Waals surface area (Å²) >= 11 is 0. The highest BCUT2D eigenvalue weighted by atomic mass is 16.6. The first kappa shape index (κ1) is 24.5. The average Bonchev–Trinajstić information content (AvgIpc) is 2.96. The molecule has 0 aliphatic carbocycles. The Morgan fingerprint density at radius 3 is 2.39 bits per heavy atom. The third-order valence-electron chi connectivity index (χ3n) is 5.68. The number of amides is 3. The van der Waals surface area contributed by atoms with E-state index in [4.69, 9.17) is 23.7 Å². The smallest absolute Gasteiger partial charge is 0.338 e. The lowest BCUT2D eigenvalue weighted by Gasteiger charge is -2.22. The summed E-state index contributed by atoms with van der Waals surface area (Å²) in [4.78, 5) is 28.5. The molecule has 0 fully saturated rings. The summed E-state index contributed by atoms with van der Waals surface area (Å²) in [7, 11) is 3.13. The van der Waals surface area contributed by atoms with Crippen LogP contribution in [0.3, 0.4) is 0 Å². The minimum Gasteiger partial charge on any atom is -0.493 e. The van der Waals surface area contributed by atoms with Crippen molar-refractivity contribution in [3.05, 3.63) is 66.9 Å². The van der Waals surface area contributed by atoms with Gasteiger partial charge in [-0.15, -0.1) is 0 Å². The molecule has 3 aromatic carbocycles. The molecule has 38 heavy (non-hydrogen) atoms. The molecule has 2 N–H and O–H groups in total. The molecule has 0 spiro atoms. The van der Waals surface area contributed by atoms with Crippen molar-refractivity contribution in [3.8, 4) is 34.5 Å². The first-order chi connectivity index (χ1) is 18.6. The number of benzene rings is 3. The van der Waals surface area contributed by atoms with Gasteiger partial charge in [-0.25, -0.2) is 15.2 Å². The SMILES string of the molecule is COc1cc2nccc(Oc3ccc(NC(=O)NN(C=O)c4ccc5c(c4)OCCO5)cc3)c2cc1OC. The zero-order valence-electron chi connectivity index (χ0n) is 20.6. The number of nitrogens with one attached hydrogen (secondary N) is 2. The van der Waals surface area contributed by atoms with E-state index < -0.39 is 6.03 Å². The molecule has 0 atom stereocenters. The second-order valence-corrected chi connectivity index (χ2v) is 8.03. The van der Waals surface area contributed by atoms with Gasteiger partial charge in [0.2, 0.25) is 6.41 Å². The Morgan fingerprint density at radius 1 is 0.921 bits per heavy atom. The van der Waals surface area contributed by atoms with Gasteiger partial charge in [0.05, 0.1) is 25.4 Å². The van der Waals surface area contributed by atoms with Crippen LogP contribution in [0.25, 0.3) is 10.9 Å². The van der Waals surface area contributed by atoms with Crippen molar-refractivity contribution >= 4 is 34.7 Å². The normalized spacial score (nSPS) is 11.8. The molecular weight excluding hydrogens is 492 g/mol. The van der Waals surface area contributed by atoms with Gasteiger partial charge in [0, 0.05) is 29.4 Å². The maximum atomic E-state index is 12.5. The number of hydrogen-bond acceptors (Lipinski definition) is 8. The van der Waals surface area contributed by atoms with Crippen molar-refractivity contribution in [2.75, 3.05) is 37.8 Å². The van der Waals surface area contributed by atoms with Gasteiger partial charge >= 0.3 is 6.03 Å². The van der Waals surface area contributed by atoms with E-state index >= 15 is 0 Å². The van der Waals surface area contributed by atoms with Crippen molar-refractivity contribution < 1.29 is 33.3 Å². The van der Waals surface area contributed by atoms with Crippen LogP contribution in [0, 0.1) is 0 Å². The lowest BCUT2D eigenvalue weighted by Crippen LogP contribution is -2.43. The summed E-state index contributed by atoms with van der Waals surface area (Å²) in [6.45, 7) is 0.864. The highest BCUT2D eigenvalue weighted by molar-refractivity contribution is 5.93. The summed E-state index contributed by atoms with van der Waals surface area (Å²) in [6, 6.07) is 16.4. The van der Waals surface area contributed by atoms with Crippen LogP contribution in [0.2, 0.25) is 0 Å². The molecule has 0 saturated carbocycles. The molecule has 1 aromatic heterocycles. The Labute approximate surface area is 217 Å². The van der Waals surface area contributed by atoms with E-state index in [1.807, 2.05) is 0 Å². The van der Waals surface area contributed by atoms with Crippen LogP contribution in [0.5, 0.6) is 34.5 Å². The number of carbonyl (C=O) groups is 2. The number of fused-ring (bicyclic) bond motifs is 2. The topological polar surface area (TPSA) is 120 Å². The molecule has 0 bridgehead atoms. The van der Waals surface area contributed by atoms with Crippen molar-refractivity contribution in [1.82, 2.24) is 10.4 Å². The third-order valence-corrected chi connectivity index (χ3v) is 5.68. The fraction of sp³-hybridized carbons (Fsp3) is 0.148. The molecule has 4 aromatic rings. The minimum atomic E-state index is -0.609. The number of methoxy groups -OCH3 is 2. The third kappa shape index (κ3) is 5.16. The van der Waals surface area contributed by atoms with Crippen LogP contribution >= 0.6 is 0 Å². The first-order valence-corrected chi connectivity index (χ1v) is 11.6. The van der Waals surface area contributed by atoms with E-state index in [0.29, 0.717) is 71.0 Å². The van der Waals surface area contributed by atoms with Crippen molar-refractivity contribution in [2.24, 2.45) is 0 Å². The second kappa shape index (κ2) is 10.8. The minimum absolute atomic E-state index is 0.408. The Morgan fingerprint density at radius 2 is 1.66 bits per heavy atom. The van der Waals surface area contributed by atoms with Gasteiger partial charge in [0.25, 0.3) is 0 Å². The van der Waals surface area contributed by atoms with E-state index in [1.54, 1.807) is 81.1 Å². The summed E-state index contributed by atoms with van der Waals surface area (Å²) in [5.74, 6) is 3.33. The van der Waals surface area contributed by atoms with Crippen LogP contribution in [0.15, 0.2) is 66.9 Å². The number of aromatic nitrogens is 1. The van der Waals surface area contributed by atoms with E-state index in [0.717, 1.165) is 10.4 Å². The molecule has 1 aliphatic rings. The molecule has 2 heterocycles. The molecule has 1 aliphatic heterocycles. The summed E-state index contributed by atoms with van der Waals surface area (Å²) in [5.41, 5.74) is 4.09. The van der Waals surface area contributed by atoms with Crippen molar-refractivity contribution in [1.29, 1.82) is 0 Å². The zero-order chi connectivity index (χ0) is 26.5. The van der Waals surface area contributed by atoms with E-state index in [2.05, 4.69) is 15.7 Å². The van der Waals surface area contributed by atoms with Crippen molar-refractivity contribution in [3.63, 3.8) is 0 Å². The van der Waals surface area contributed by atoms with Crippen LogP contribution in [-0.4, -0.2) is 44.9 Å². The zero-order valence-corrected chi connectivity index (χ0v) is 20.6. The lowest BCUT2D eigenvalue weighted by atomic mass is 10.2. The summed E-state index contributed by atoms with van der Waals surface area (Å²) in [5, 5.41) is 4.48. The second-order valence-electron chi connectivity index (χ2n) is 8.03. The number of ether oxygens (including phenoxy) is 5. The van der Waals surface area contributed by atoms with Gasteiger partial charge < -0.3 is 29.0 Å². The Bertz CT molecular complexity index is 1480. The average molecular weight is 517 g/mol. The number of hydrazine groups is 1. The van der Waals surface area contributed by atoms with Crippen LogP contribution in [0.1, 0.15) is 0 Å². The standard InChI is InChI=1S/C27H24N4O7/c1-34-24-14-20-21(15-25(24)35-2)28-10-9-22(20)38-19-6-3-17(4-7-19)29-27(33)30-31(16-32)18-5-8-23-26(13-18)37-12-11-36-23/h3-10,13-16H,11-12H2,1-2H3,(H2,29,30,33). The molecule has 11 heteroatoms. The van der Waals surface area contributed by atoms with Gasteiger partial charge in [0.1, 0.15) is 24.7 Å². The largest absolute Gasteiger partial charge is 0.493 e. The van der Waals surface area contributed by atoms with Gasteiger partial charge in [-0.3, -0.25) is 9.78 Å². The first-order valence-electron chi connectivity index (χ1n) is 11.6. The number of urea groups is 1. The Balaban J connectivity index is 1.25. The van der Waals surface area contributed by atoms with Gasteiger partial charge in [-0.2, -0.15) is 0 Å². The number of nitrogens with zero attached hydrogens (tertiary/aromatic N) is 2. The van der Waals surface area contributed by atoms with Gasteiger partial charge in [-0.05, 0) is 48.5 Å². The highest BCUT2D eigenvalue weighted by Crippen LogP contribution is 2.37. The molecule has 11 nitrogen and oxygen atoms in total. The van der Waals surface area contributed by atoms with Crippen LogP contribution in [-0.2, 0) is 4.79 Å². The quantitative estimate of drug-likeness (QED) is 0.259. The Kier molecular flexibility index (Phi) is 6.98. The fourth-order valence-electron chi connectivity index (χ4n) is 3.87. The van der Waals surface area contributed by atoms with Gasteiger partial charge in [0.15, 0.2) is 23.0 Å². The molecule has 194 valence electrons. The molecular formula is C27H24N4O7. The highest BCUT2D eigenvalue weighted by Gasteiger charge is 2.16. The number of anilines is 2. The summed E-state index contributed by atoms with van der Waals surface area (Å²) < 4.78 is 27.8. The molecule has 0 unspecified atom stereocenters. The predicted octanol–water partition coefficient (Wildman–Crippen LogP) is 4.52. The van der Waals surface area contributed by atoms with Crippen LogP contribution in [0.4, 0.5) is 16.2 Å². The summed E-state index contributed by atoms with van der Waals surface area (Å²) in [6.07, 6.45) is 2.13. The number of hydrogen-bond donors (Lipinski definition) is 2. The predicted molar refractivity (Wildman–Crippen MR) is 139 cm³/mol. The van der Waals surface area contributed by atoms with E-state index in [1.165, 1.54) is 0 Å². The molecule has 5 rings (SSSR count). The number of rotatable bonds is 8. The van der Waals surface area contributed by atoms with E-state index in [9.17, 15) is 9.59 Å². The number of carbonyl (C=O) groups excluding carboxylic acids is 2. The monoisotopic (exact) mass is 516 g/mol. The molecule has 0 saturated heterocycles. The van der Waals surface area contributed by atoms with Crippen LogP contribution < -0.4 is 39.4 Å². The Hall–Kier alpha value is -5.19. The molecule has 3 amide bonds. The molecule has 0 radical (unpaired) electrons. The fourth-order valence-corrected chi connectivity index (χ4v) is 3.87. The number of pyridine rings is 1. The van der Waals surface area contributed by atoms with Crippen molar-refractivity contribution in [2.45, 2.75) is 0 Å². The van der Waals surface area contributed by atoms with Gasteiger partial charge in [-0.1, -0.05) is 0 Å². The maximum Gasteiger partial charge on any atom is 0.338 e. The lowest BCUT2D eigenvalue weighted by molar-refractivity contribution is -0.107. The van der Waals surface area contributed by atoms with E-state index in [-0.39, 0.29) is 0 Å².